The molecule has 0 spiro atoms. The first-order chi connectivity index (χ1) is 8.91. The Morgan fingerprint density at radius 2 is 2.16 bits per heavy atom. The molecule has 0 aliphatic carbocycles. The maximum atomic E-state index is 12.6. The molecule has 0 radical (unpaired) electrons. The highest BCUT2D eigenvalue weighted by atomic mass is 79.9. The molecule has 0 aromatic heterocycles. The van der Waals surface area contributed by atoms with E-state index in [0.29, 0.717) is 11.3 Å². The topological polar surface area (TPSA) is 57.6 Å². The van der Waals surface area contributed by atoms with Crippen molar-refractivity contribution in [2.75, 3.05) is 5.75 Å². The van der Waals surface area contributed by atoms with Crippen LogP contribution in [0.2, 0.25) is 0 Å². The molecule has 1 amide bonds. The van der Waals surface area contributed by atoms with E-state index in [4.69, 9.17) is 0 Å². The SMILES string of the molecule is Cc1ccc(Br)cc1C(=O)N1C(C)SCC1C(=O)O. The molecule has 4 nitrogen and oxygen atoms in total. The number of nitrogens with zero attached hydrogens (tertiary/aromatic N) is 1. The third kappa shape index (κ3) is 2.79. The predicted octanol–water partition coefficient (Wildman–Crippen LogP) is 2.75. The Balaban J connectivity index is 2.37. The molecule has 6 heteroatoms. The number of aryl methyl sites for hydroxylation is 1. The first kappa shape index (κ1) is 14.4. The summed E-state index contributed by atoms with van der Waals surface area (Å²) in [6.45, 7) is 3.71. The second kappa shape index (κ2) is 5.54. The molecule has 1 aliphatic heterocycles. The molecule has 0 saturated carbocycles. The summed E-state index contributed by atoms with van der Waals surface area (Å²) in [5, 5.41) is 9.09. The van der Waals surface area contributed by atoms with Crippen LogP contribution in [0.25, 0.3) is 0 Å². The third-order valence-electron chi connectivity index (χ3n) is 3.17. The van der Waals surface area contributed by atoms with Crippen LogP contribution in [-0.4, -0.2) is 39.1 Å². The lowest BCUT2D eigenvalue weighted by Crippen LogP contribution is -2.45. The molecule has 2 rings (SSSR count). The Hall–Kier alpha value is -1.01. The summed E-state index contributed by atoms with van der Waals surface area (Å²) in [5.74, 6) is -0.725. The highest BCUT2D eigenvalue weighted by Crippen LogP contribution is 2.31. The van der Waals surface area contributed by atoms with Crippen LogP contribution in [0.5, 0.6) is 0 Å². The number of halogens is 1. The Labute approximate surface area is 124 Å². The van der Waals surface area contributed by atoms with Gasteiger partial charge in [0.05, 0.1) is 5.37 Å². The van der Waals surface area contributed by atoms with Crippen LogP contribution in [0.15, 0.2) is 22.7 Å². The van der Waals surface area contributed by atoms with Crippen molar-refractivity contribution in [1.29, 1.82) is 0 Å². The number of carbonyl (C=O) groups is 2. The number of rotatable bonds is 2. The number of hydrogen-bond acceptors (Lipinski definition) is 3. The van der Waals surface area contributed by atoms with E-state index >= 15 is 0 Å². The minimum absolute atomic E-state index is 0.119. The lowest BCUT2D eigenvalue weighted by atomic mass is 10.1. The summed E-state index contributed by atoms with van der Waals surface area (Å²) in [5.41, 5.74) is 1.40. The monoisotopic (exact) mass is 343 g/mol. The molecule has 1 aromatic carbocycles. The molecule has 1 aromatic rings. The van der Waals surface area contributed by atoms with Crippen molar-refractivity contribution >= 4 is 39.6 Å². The van der Waals surface area contributed by atoms with Gasteiger partial charge in [0, 0.05) is 15.8 Å². The molecule has 19 heavy (non-hydrogen) atoms. The summed E-state index contributed by atoms with van der Waals surface area (Å²) < 4.78 is 0.813. The van der Waals surface area contributed by atoms with Crippen molar-refractivity contribution in [3.05, 3.63) is 33.8 Å². The number of amides is 1. The van der Waals surface area contributed by atoms with Crippen LogP contribution >= 0.6 is 27.7 Å². The second-order valence-electron chi connectivity index (χ2n) is 4.46. The van der Waals surface area contributed by atoms with Crippen LogP contribution in [0.3, 0.4) is 0 Å². The maximum absolute atomic E-state index is 12.6. The third-order valence-corrected chi connectivity index (χ3v) is 4.88. The number of carboxylic acid groups (broad SMARTS) is 1. The summed E-state index contributed by atoms with van der Waals surface area (Å²) in [7, 11) is 0. The van der Waals surface area contributed by atoms with Crippen molar-refractivity contribution in [2.45, 2.75) is 25.3 Å². The Morgan fingerprint density at radius 3 is 2.79 bits per heavy atom. The molecule has 1 saturated heterocycles. The molecular weight excluding hydrogens is 330 g/mol. The molecule has 1 fully saturated rings. The van der Waals surface area contributed by atoms with E-state index in [9.17, 15) is 14.7 Å². The van der Waals surface area contributed by atoms with Crippen molar-refractivity contribution < 1.29 is 14.7 Å². The molecule has 1 heterocycles. The van der Waals surface area contributed by atoms with Crippen molar-refractivity contribution in [1.82, 2.24) is 4.90 Å². The summed E-state index contributed by atoms with van der Waals surface area (Å²) in [6, 6.07) is 4.71. The van der Waals surface area contributed by atoms with Gasteiger partial charge in [0.1, 0.15) is 6.04 Å². The smallest absolute Gasteiger partial charge is 0.327 e. The molecule has 2 atom stereocenters. The van der Waals surface area contributed by atoms with Crippen LogP contribution in [0.1, 0.15) is 22.8 Å². The maximum Gasteiger partial charge on any atom is 0.327 e. The quantitative estimate of drug-likeness (QED) is 0.896. The molecular formula is C13H14BrNO3S. The highest BCUT2D eigenvalue weighted by Gasteiger charge is 2.40. The standard InChI is InChI=1S/C13H14BrNO3S/c1-7-3-4-9(14)5-10(7)12(16)15-8(2)19-6-11(15)13(17)18/h3-5,8,11H,6H2,1-2H3,(H,17,18). The number of hydrogen-bond donors (Lipinski definition) is 1. The van der Waals surface area contributed by atoms with Crippen molar-refractivity contribution in [3.63, 3.8) is 0 Å². The number of carbonyl (C=O) groups excluding carboxylic acids is 1. The first-order valence-electron chi connectivity index (χ1n) is 5.85. The van der Waals surface area contributed by atoms with E-state index in [2.05, 4.69) is 15.9 Å². The van der Waals surface area contributed by atoms with E-state index in [1.807, 2.05) is 26.0 Å². The zero-order valence-electron chi connectivity index (χ0n) is 10.6. The molecule has 1 N–H and O–H groups in total. The highest BCUT2D eigenvalue weighted by molar-refractivity contribution is 9.10. The number of aliphatic carboxylic acids is 1. The second-order valence-corrected chi connectivity index (χ2v) is 6.72. The van der Waals surface area contributed by atoms with Crippen molar-refractivity contribution in [2.24, 2.45) is 0 Å². The fourth-order valence-electron chi connectivity index (χ4n) is 2.11. The average molecular weight is 344 g/mol. The largest absolute Gasteiger partial charge is 0.480 e. The molecule has 1 aliphatic rings. The lowest BCUT2D eigenvalue weighted by Gasteiger charge is -2.25. The van der Waals surface area contributed by atoms with E-state index in [-0.39, 0.29) is 11.3 Å². The van der Waals surface area contributed by atoms with Gasteiger partial charge in [-0.25, -0.2) is 4.79 Å². The number of carboxylic acids is 1. The fourth-order valence-corrected chi connectivity index (χ4v) is 3.63. The van der Waals surface area contributed by atoms with Gasteiger partial charge in [0.2, 0.25) is 0 Å². The van der Waals surface area contributed by atoms with Crippen LogP contribution in [-0.2, 0) is 4.79 Å². The molecule has 102 valence electrons. The van der Waals surface area contributed by atoms with Gasteiger partial charge >= 0.3 is 5.97 Å². The van der Waals surface area contributed by atoms with Crippen LogP contribution in [0, 0.1) is 6.92 Å². The van der Waals surface area contributed by atoms with Crippen LogP contribution in [0.4, 0.5) is 0 Å². The molecule has 0 bridgehead atoms. The summed E-state index contributed by atoms with van der Waals surface area (Å²) in [6.07, 6.45) is 0. The van der Waals surface area contributed by atoms with Gasteiger partial charge in [0.15, 0.2) is 0 Å². The van der Waals surface area contributed by atoms with Gasteiger partial charge in [-0.2, -0.15) is 0 Å². The van der Waals surface area contributed by atoms with Gasteiger partial charge in [-0.3, -0.25) is 4.79 Å². The van der Waals surface area contributed by atoms with E-state index < -0.39 is 12.0 Å². The van der Waals surface area contributed by atoms with Gasteiger partial charge < -0.3 is 10.0 Å². The van der Waals surface area contributed by atoms with Gasteiger partial charge in [-0.05, 0) is 31.5 Å². The van der Waals surface area contributed by atoms with Gasteiger partial charge in [0.25, 0.3) is 5.91 Å². The number of thioether (sulfide) groups is 1. The average Bonchev–Trinajstić information content (AvgIpc) is 2.73. The van der Waals surface area contributed by atoms with E-state index in [1.54, 1.807) is 6.07 Å². The minimum Gasteiger partial charge on any atom is -0.480 e. The normalized spacial score (nSPS) is 22.6. The lowest BCUT2D eigenvalue weighted by molar-refractivity contribution is -0.141. The first-order valence-corrected chi connectivity index (χ1v) is 7.69. The zero-order valence-corrected chi connectivity index (χ0v) is 13.0. The molecule has 2 unspecified atom stereocenters. The van der Waals surface area contributed by atoms with Gasteiger partial charge in [-0.15, -0.1) is 11.8 Å². The van der Waals surface area contributed by atoms with Crippen LogP contribution < -0.4 is 0 Å². The summed E-state index contributed by atoms with van der Waals surface area (Å²) >= 11 is 4.83. The van der Waals surface area contributed by atoms with Crippen molar-refractivity contribution in [3.8, 4) is 0 Å². The zero-order chi connectivity index (χ0) is 14.2. The fraction of sp³-hybridized carbons (Fsp3) is 0.385. The van der Waals surface area contributed by atoms with Gasteiger partial charge in [-0.1, -0.05) is 22.0 Å². The minimum atomic E-state index is -0.946. The van der Waals surface area contributed by atoms with E-state index in [1.165, 1.54) is 16.7 Å². The Bertz CT molecular complexity index is 535. The predicted molar refractivity (Wildman–Crippen MR) is 78.4 cm³/mol. The Kier molecular flexibility index (Phi) is 4.20. The van der Waals surface area contributed by atoms with E-state index in [0.717, 1.165) is 10.0 Å². The number of benzene rings is 1. The Morgan fingerprint density at radius 1 is 1.47 bits per heavy atom. The summed E-state index contributed by atoms with van der Waals surface area (Å²) in [4.78, 5) is 25.3.